The van der Waals surface area contributed by atoms with Crippen LogP contribution in [0.25, 0.3) is 0 Å². The first-order chi connectivity index (χ1) is 7.24. The minimum absolute atomic E-state index is 0.163. The molecule has 0 amide bonds. The van der Waals surface area contributed by atoms with Crippen molar-refractivity contribution in [1.29, 1.82) is 0 Å². The minimum atomic E-state index is -0.168. The van der Waals surface area contributed by atoms with Crippen molar-refractivity contribution in [3.8, 4) is 0 Å². The molecule has 3 nitrogen and oxygen atoms in total. The number of esters is 1. The van der Waals surface area contributed by atoms with Crippen molar-refractivity contribution in [1.82, 2.24) is 5.32 Å². The minimum Gasteiger partial charge on any atom is -0.468 e. The van der Waals surface area contributed by atoms with Gasteiger partial charge in [-0.1, -0.05) is 25.7 Å². The lowest BCUT2D eigenvalue weighted by Gasteiger charge is -2.17. The van der Waals surface area contributed by atoms with E-state index in [1.165, 1.54) is 45.6 Å². The molecule has 0 saturated heterocycles. The number of methoxy groups -OCH3 is 1. The van der Waals surface area contributed by atoms with E-state index in [2.05, 4.69) is 10.1 Å². The Morgan fingerprint density at radius 2 is 1.93 bits per heavy atom. The van der Waals surface area contributed by atoms with Gasteiger partial charge >= 0.3 is 5.97 Å². The molecule has 0 aromatic rings. The average molecular weight is 213 g/mol. The van der Waals surface area contributed by atoms with Gasteiger partial charge in [-0.15, -0.1) is 0 Å². The van der Waals surface area contributed by atoms with Gasteiger partial charge in [0.1, 0.15) is 6.04 Å². The quantitative estimate of drug-likeness (QED) is 0.574. The van der Waals surface area contributed by atoms with Gasteiger partial charge in [-0.25, -0.2) is 0 Å². The van der Waals surface area contributed by atoms with Gasteiger partial charge < -0.3 is 10.1 Å². The summed E-state index contributed by atoms with van der Waals surface area (Å²) in [6.07, 6.45) is 8.06. The Labute approximate surface area is 92.6 Å². The topological polar surface area (TPSA) is 38.3 Å². The van der Waals surface area contributed by atoms with Gasteiger partial charge in [0.2, 0.25) is 0 Å². The fourth-order valence-corrected chi connectivity index (χ4v) is 2.17. The Morgan fingerprint density at radius 3 is 2.47 bits per heavy atom. The highest BCUT2D eigenvalue weighted by Crippen LogP contribution is 2.22. The lowest BCUT2D eigenvalue weighted by Crippen LogP contribution is -2.37. The zero-order valence-electron chi connectivity index (χ0n) is 9.92. The number of carbonyl (C=O) groups is 1. The van der Waals surface area contributed by atoms with E-state index in [0.717, 1.165) is 12.5 Å². The van der Waals surface area contributed by atoms with E-state index in [1.54, 1.807) is 0 Å². The molecule has 0 bridgehead atoms. The molecule has 0 aromatic heterocycles. The maximum Gasteiger partial charge on any atom is 0.322 e. The van der Waals surface area contributed by atoms with Crippen LogP contribution in [0.4, 0.5) is 0 Å². The van der Waals surface area contributed by atoms with Crippen LogP contribution in [0.1, 0.15) is 45.4 Å². The molecular formula is C12H23NO2. The summed E-state index contributed by atoms with van der Waals surface area (Å²) in [5.74, 6) is 0.586. The maximum absolute atomic E-state index is 11.2. The van der Waals surface area contributed by atoms with Crippen LogP contribution in [-0.4, -0.2) is 25.7 Å². The van der Waals surface area contributed by atoms with Crippen molar-refractivity contribution in [2.45, 2.75) is 51.5 Å². The number of rotatable bonds is 4. The fraction of sp³-hybridized carbons (Fsp3) is 0.917. The molecule has 1 aliphatic carbocycles. The zero-order valence-corrected chi connectivity index (χ0v) is 9.92. The normalized spacial score (nSPS) is 20.7. The Hall–Kier alpha value is -0.570. The number of hydrogen-bond acceptors (Lipinski definition) is 3. The van der Waals surface area contributed by atoms with Crippen molar-refractivity contribution in [3.05, 3.63) is 0 Å². The summed E-state index contributed by atoms with van der Waals surface area (Å²) >= 11 is 0. The number of ether oxygens (including phenoxy) is 1. The molecule has 0 spiro atoms. The fourth-order valence-electron chi connectivity index (χ4n) is 2.17. The van der Waals surface area contributed by atoms with Crippen LogP contribution in [0.2, 0.25) is 0 Å². The van der Waals surface area contributed by atoms with E-state index in [-0.39, 0.29) is 12.0 Å². The third kappa shape index (κ3) is 4.65. The molecule has 0 radical (unpaired) electrons. The first-order valence-electron chi connectivity index (χ1n) is 6.05. The highest BCUT2D eigenvalue weighted by atomic mass is 16.5. The van der Waals surface area contributed by atoms with Gasteiger partial charge in [0.15, 0.2) is 0 Å². The second kappa shape index (κ2) is 6.83. The lowest BCUT2D eigenvalue weighted by atomic mass is 10.0. The van der Waals surface area contributed by atoms with Crippen LogP contribution in [0.3, 0.4) is 0 Å². The van der Waals surface area contributed by atoms with E-state index in [1.807, 2.05) is 6.92 Å². The van der Waals surface area contributed by atoms with E-state index in [9.17, 15) is 4.79 Å². The predicted molar refractivity (Wildman–Crippen MR) is 60.7 cm³/mol. The molecule has 3 heteroatoms. The summed E-state index contributed by atoms with van der Waals surface area (Å²) in [7, 11) is 1.44. The summed E-state index contributed by atoms with van der Waals surface area (Å²) in [5.41, 5.74) is 0. The van der Waals surface area contributed by atoms with Crippen LogP contribution in [0, 0.1) is 5.92 Å². The summed E-state index contributed by atoms with van der Waals surface area (Å²) in [5, 5.41) is 3.26. The van der Waals surface area contributed by atoms with Crippen molar-refractivity contribution in [2.24, 2.45) is 5.92 Å². The first kappa shape index (κ1) is 12.5. The summed E-state index contributed by atoms with van der Waals surface area (Å²) in [6, 6.07) is -0.168. The molecule has 0 heterocycles. The average Bonchev–Trinajstić information content (AvgIpc) is 2.53. The molecule has 1 aliphatic rings. The zero-order chi connectivity index (χ0) is 11.1. The maximum atomic E-state index is 11.2. The van der Waals surface area contributed by atoms with E-state index in [0.29, 0.717) is 0 Å². The van der Waals surface area contributed by atoms with Gasteiger partial charge in [-0.2, -0.15) is 0 Å². The van der Waals surface area contributed by atoms with E-state index in [4.69, 9.17) is 0 Å². The third-order valence-electron chi connectivity index (χ3n) is 3.24. The Kier molecular flexibility index (Phi) is 5.69. The highest BCUT2D eigenvalue weighted by molar-refractivity contribution is 5.75. The predicted octanol–water partition coefficient (Wildman–Crippen LogP) is 2.11. The Bertz CT molecular complexity index is 186. The second-order valence-corrected chi connectivity index (χ2v) is 4.51. The number of nitrogens with one attached hydrogen (secondary N) is 1. The summed E-state index contributed by atoms with van der Waals surface area (Å²) in [4.78, 5) is 11.2. The lowest BCUT2D eigenvalue weighted by molar-refractivity contribution is -0.142. The molecule has 1 saturated carbocycles. The van der Waals surface area contributed by atoms with Gasteiger partial charge in [-0.3, -0.25) is 4.79 Å². The Balaban J connectivity index is 2.19. The van der Waals surface area contributed by atoms with Crippen LogP contribution < -0.4 is 5.32 Å². The van der Waals surface area contributed by atoms with Crippen LogP contribution in [0.5, 0.6) is 0 Å². The second-order valence-electron chi connectivity index (χ2n) is 4.51. The van der Waals surface area contributed by atoms with Crippen LogP contribution in [-0.2, 0) is 9.53 Å². The molecule has 1 rings (SSSR count). The molecule has 1 N–H and O–H groups in total. The third-order valence-corrected chi connectivity index (χ3v) is 3.24. The van der Waals surface area contributed by atoms with Gasteiger partial charge in [0.25, 0.3) is 0 Å². The van der Waals surface area contributed by atoms with Crippen molar-refractivity contribution in [3.63, 3.8) is 0 Å². The molecule has 1 fully saturated rings. The number of hydrogen-bond donors (Lipinski definition) is 1. The summed E-state index contributed by atoms with van der Waals surface area (Å²) < 4.78 is 4.68. The first-order valence-corrected chi connectivity index (χ1v) is 6.05. The summed E-state index contributed by atoms with van der Waals surface area (Å²) in [6.45, 7) is 2.82. The van der Waals surface area contributed by atoms with Crippen molar-refractivity contribution in [2.75, 3.05) is 13.7 Å². The van der Waals surface area contributed by atoms with Gasteiger partial charge in [0, 0.05) is 0 Å². The molecule has 1 unspecified atom stereocenters. The molecular weight excluding hydrogens is 190 g/mol. The molecule has 0 aliphatic heterocycles. The largest absolute Gasteiger partial charge is 0.468 e. The highest BCUT2D eigenvalue weighted by Gasteiger charge is 2.16. The smallest absolute Gasteiger partial charge is 0.322 e. The molecule has 1 atom stereocenters. The monoisotopic (exact) mass is 213 g/mol. The van der Waals surface area contributed by atoms with Crippen molar-refractivity contribution < 1.29 is 9.53 Å². The van der Waals surface area contributed by atoms with Crippen LogP contribution >= 0.6 is 0 Å². The van der Waals surface area contributed by atoms with Gasteiger partial charge in [0.05, 0.1) is 7.11 Å². The van der Waals surface area contributed by atoms with Crippen LogP contribution in [0.15, 0.2) is 0 Å². The molecule has 88 valence electrons. The molecule has 0 aromatic carbocycles. The standard InChI is InChI=1S/C12H23NO2/c1-10(12(14)15-2)13-9-11-7-5-3-4-6-8-11/h10-11,13H,3-9H2,1-2H3. The SMILES string of the molecule is COC(=O)C(C)NCC1CCCCCC1. The number of carbonyl (C=O) groups excluding carboxylic acids is 1. The Morgan fingerprint density at radius 1 is 1.33 bits per heavy atom. The van der Waals surface area contributed by atoms with Gasteiger partial charge in [-0.05, 0) is 32.2 Å². The van der Waals surface area contributed by atoms with E-state index < -0.39 is 0 Å². The van der Waals surface area contributed by atoms with E-state index >= 15 is 0 Å². The van der Waals surface area contributed by atoms with Crippen molar-refractivity contribution >= 4 is 5.97 Å². The molecule has 15 heavy (non-hydrogen) atoms.